The molecule has 1 atom stereocenters. The summed E-state index contributed by atoms with van der Waals surface area (Å²) in [7, 11) is 2.01. The van der Waals surface area contributed by atoms with Gasteiger partial charge < -0.3 is 15.0 Å². The van der Waals surface area contributed by atoms with Crippen LogP contribution < -0.4 is 5.32 Å². The van der Waals surface area contributed by atoms with E-state index in [1.54, 1.807) is 19.2 Å². The molecule has 0 spiro atoms. The van der Waals surface area contributed by atoms with Crippen molar-refractivity contribution in [1.82, 2.24) is 14.9 Å². The van der Waals surface area contributed by atoms with E-state index >= 15 is 0 Å². The zero-order valence-electron chi connectivity index (χ0n) is 17.3. The summed E-state index contributed by atoms with van der Waals surface area (Å²) in [5.74, 6) is -0.478. The number of anilines is 1. The van der Waals surface area contributed by atoms with Crippen molar-refractivity contribution < 1.29 is 14.3 Å². The Morgan fingerprint density at radius 2 is 2.00 bits per heavy atom. The summed E-state index contributed by atoms with van der Waals surface area (Å²) in [5.41, 5.74) is 3.88. The number of rotatable bonds is 4. The number of hydrogen-bond acceptors (Lipinski definition) is 6. The lowest BCUT2D eigenvalue weighted by Gasteiger charge is -2.27. The molecule has 0 saturated heterocycles. The van der Waals surface area contributed by atoms with Crippen LogP contribution in [0.25, 0.3) is 10.9 Å². The first-order valence-electron chi connectivity index (χ1n) is 9.96. The molecule has 30 heavy (non-hydrogen) atoms. The minimum absolute atomic E-state index is 0.422. The Bertz CT molecular complexity index is 1130. The molecule has 7 nitrogen and oxygen atoms in total. The van der Waals surface area contributed by atoms with Crippen LogP contribution in [0.4, 0.5) is 5.82 Å². The van der Waals surface area contributed by atoms with E-state index in [1.807, 2.05) is 44.3 Å². The van der Waals surface area contributed by atoms with Gasteiger partial charge in [-0.05, 0) is 38.6 Å². The average Bonchev–Trinajstić information content (AvgIpc) is 2.73. The Hall–Kier alpha value is -3.32. The lowest BCUT2D eigenvalue weighted by Crippen LogP contribution is -2.33. The minimum Gasteiger partial charge on any atom is -0.449 e. The van der Waals surface area contributed by atoms with Gasteiger partial charge in [0.25, 0.3) is 5.91 Å². The van der Waals surface area contributed by atoms with Gasteiger partial charge in [0.05, 0.1) is 11.1 Å². The van der Waals surface area contributed by atoms with Crippen LogP contribution in [0.2, 0.25) is 0 Å². The minimum atomic E-state index is -0.970. The summed E-state index contributed by atoms with van der Waals surface area (Å²) in [6.07, 6.45) is 1.40. The van der Waals surface area contributed by atoms with E-state index in [2.05, 4.69) is 15.2 Å². The number of pyridine rings is 2. The molecule has 3 heterocycles. The zero-order valence-corrected chi connectivity index (χ0v) is 17.3. The second-order valence-electron chi connectivity index (χ2n) is 7.62. The molecule has 4 rings (SSSR count). The largest absolute Gasteiger partial charge is 0.449 e. The molecule has 154 valence electrons. The molecule has 0 bridgehead atoms. The van der Waals surface area contributed by atoms with Crippen molar-refractivity contribution in [3.8, 4) is 0 Å². The first-order chi connectivity index (χ1) is 14.4. The lowest BCUT2D eigenvalue weighted by molar-refractivity contribution is -0.123. The number of carbonyl (C=O) groups is 2. The summed E-state index contributed by atoms with van der Waals surface area (Å²) >= 11 is 0. The molecule has 2 aromatic heterocycles. The fourth-order valence-electron chi connectivity index (χ4n) is 3.67. The van der Waals surface area contributed by atoms with Gasteiger partial charge in [0, 0.05) is 42.4 Å². The number of nitrogens with zero attached hydrogens (tertiary/aromatic N) is 3. The van der Waals surface area contributed by atoms with E-state index in [9.17, 15) is 9.59 Å². The molecule has 1 aliphatic rings. The molecule has 7 heteroatoms. The Morgan fingerprint density at radius 3 is 2.80 bits per heavy atom. The van der Waals surface area contributed by atoms with E-state index in [1.165, 1.54) is 0 Å². The third-order valence-electron chi connectivity index (χ3n) is 5.35. The van der Waals surface area contributed by atoms with Crippen LogP contribution in [0.1, 0.15) is 34.1 Å². The average molecular weight is 404 g/mol. The predicted octanol–water partition coefficient (Wildman–Crippen LogP) is 3.11. The molecular weight excluding hydrogens is 380 g/mol. The first kappa shape index (κ1) is 20.0. The summed E-state index contributed by atoms with van der Waals surface area (Å²) in [4.78, 5) is 36.9. The number of aromatic nitrogens is 2. The number of aryl methyl sites for hydroxylation is 1. The van der Waals surface area contributed by atoms with Crippen LogP contribution in [-0.4, -0.2) is 46.4 Å². The van der Waals surface area contributed by atoms with E-state index in [-0.39, 0.29) is 0 Å². The molecule has 1 amide bonds. The molecule has 3 aromatic rings. The number of fused-ring (bicyclic) bond motifs is 2. The highest BCUT2D eigenvalue weighted by Gasteiger charge is 2.28. The predicted molar refractivity (Wildman–Crippen MR) is 114 cm³/mol. The second kappa shape index (κ2) is 8.20. The first-order valence-corrected chi connectivity index (χ1v) is 9.96. The maximum absolute atomic E-state index is 13.2. The number of ether oxygens (including phenoxy) is 1. The fraction of sp³-hybridized carbons (Fsp3) is 0.304. The Morgan fingerprint density at radius 1 is 1.20 bits per heavy atom. The van der Waals surface area contributed by atoms with Crippen LogP contribution in [0, 0.1) is 6.92 Å². The third kappa shape index (κ3) is 3.89. The molecule has 0 aliphatic carbocycles. The zero-order chi connectivity index (χ0) is 21.3. The summed E-state index contributed by atoms with van der Waals surface area (Å²) in [5, 5.41) is 3.47. The molecule has 0 fully saturated rings. The Balaban J connectivity index is 1.62. The van der Waals surface area contributed by atoms with Crippen molar-refractivity contribution in [3.63, 3.8) is 0 Å². The molecule has 1 aromatic carbocycles. The van der Waals surface area contributed by atoms with Gasteiger partial charge in [0.2, 0.25) is 0 Å². The Labute approximate surface area is 175 Å². The standard InChI is InChI=1S/C23H24N4O3/c1-14-7-6-11-24-21(14)26-22(28)15(2)30-23(29)20-16-8-4-5-9-18(16)25-19-10-12-27(3)13-17(19)20/h4-9,11,15H,10,12-13H2,1-3H3,(H,24,26,28). The van der Waals surface area contributed by atoms with Crippen LogP contribution >= 0.6 is 0 Å². The summed E-state index contributed by atoms with van der Waals surface area (Å²) < 4.78 is 5.59. The van der Waals surface area contributed by atoms with Crippen molar-refractivity contribution in [2.75, 3.05) is 18.9 Å². The molecule has 1 unspecified atom stereocenters. The number of para-hydroxylation sites is 1. The highest BCUT2D eigenvalue weighted by atomic mass is 16.5. The van der Waals surface area contributed by atoms with E-state index < -0.39 is 18.0 Å². The third-order valence-corrected chi connectivity index (χ3v) is 5.35. The smallest absolute Gasteiger partial charge is 0.339 e. The van der Waals surface area contributed by atoms with Gasteiger partial charge in [-0.2, -0.15) is 0 Å². The summed E-state index contributed by atoms with van der Waals surface area (Å²) in [6.45, 7) is 4.92. The number of benzene rings is 1. The molecule has 1 aliphatic heterocycles. The van der Waals surface area contributed by atoms with Gasteiger partial charge in [0.15, 0.2) is 6.10 Å². The monoisotopic (exact) mass is 404 g/mol. The highest BCUT2D eigenvalue weighted by molar-refractivity contribution is 6.06. The number of esters is 1. The normalized spacial score (nSPS) is 14.8. The maximum Gasteiger partial charge on any atom is 0.339 e. The van der Waals surface area contributed by atoms with Crippen molar-refractivity contribution in [2.45, 2.75) is 32.9 Å². The van der Waals surface area contributed by atoms with E-state index in [0.717, 1.165) is 40.7 Å². The maximum atomic E-state index is 13.2. The fourth-order valence-corrected chi connectivity index (χ4v) is 3.67. The highest BCUT2D eigenvalue weighted by Crippen LogP contribution is 2.28. The van der Waals surface area contributed by atoms with Crippen LogP contribution in [0.15, 0.2) is 42.6 Å². The van der Waals surface area contributed by atoms with Gasteiger partial charge in [-0.25, -0.2) is 9.78 Å². The second-order valence-corrected chi connectivity index (χ2v) is 7.62. The van der Waals surface area contributed by atoms with Crippen molar-refractivity contribution in [1.29, 1.82) is 0 Å². The van der Waals surface area contributed by atoms with Crippen LogP contribution in [-0.2, 0) is 22.5 Å². The number of hydrogen-bond donors (Lipinski definition) is 1. The Kier molecular flexibility index (Phi) is 5.46. The van der Waals surface area contributed by atoms with Gasteiger partial charge in [0.1, 0.15) is 5.82 Å². The van der Waals surface area contributed by atoms with E-state index in [4.69, 9.17) is 9.72 Å². The van der Waals surface area contributed by atoms with Gasteiger partial charge >= 0.3 is 5.97 Å². The SMILES string of the molecule is Cc1cccnc1NC(=O)C(C)OC(=O)c1c2c(nc3ccccc13)CCN(C)C2. The van der Waals surface area contributed by atoms with Gasteiger partial charge in [-0.15, -0.1) is 0 Å². The van der Waals surface area contributed by atoms with Gasteiger partial charge in [-0.1, -0.05) is 24.3 Å². The topological polar surface area (TPSA) is 84.4 Å². The molecule has 0 radical (unpaired) electrons. The molecular formula is C23H24N4O3. The van der Waals surface area contributed by atoms with Crippen LogP contribution in [0.5, 0.6) is 0 Å². The number of likely N-dealkylation sites (N-methyl/N-ethyl adjacent to an activating group) is 1. The van der Waals surface area contributed by atoms with Crippen LogP contribution in [0.3, 0.4) is 0 Å². The quantitative estimate of drug-likeness (QED) is 0.673. The van der Waals surface area contributed by atoms with E-state index in [0.29, 0.717) is 17.9 Å². The molecule has 0 saturated carbocycles. The number of carbonyl (C=O) groups excluding carboxylic acids is 2. The van der Waals surface area contributed by atoms with Crippen molar-refractivity contribution in [2.24, 2.45) is 0 Å². The number of nitrogens with one attached hydrogen (secondary N) is 1. The van der Waals surface area contributed by atoms with Gasteiger partial charge in [-0.3, -0.25) is 9.78 Å². The summed E-state index contributed by atoms with van der Waals surface area (Å²) in [6, 6.07) is 11.2. The van der Waals surface area contributed by atoms with Crippen molar-refractivity contribution in [3.05, 3.63) is 65.0 Å². The number of amides is 1. The lowest BCUT2D eigenvalue weighted by atomic mass is 9.96. The van der Waals surface area contributed by atoms with Crippen molar-refractivity contribution >= 4 is 28.6 Å². The molecule has 1 N–H and O–H groups in total.